The zero-order chi connectivity index (χ0) is 21.9. The highest BCUT2D eigenvalue weighted by Crippen LogP contribution is 2.39. The topological polar surface area (TPSA) is 87.0 Å². The predicted molar refractivity (Wildman–Crippen MR) is 118 cm³/mol. The van der Waals surface area contributed by atoms with E-state index >= 15 is 0 Å². The lowest BCUT2D eigenvalue weighted by molar-refractivity contribution is -0.140. The molecule has 0 aromatic heterocycles. The standard InChI is InChI=1S/C25H40O5/c1-18-8-7-9-19(16-18)12-13-20(26)14-15-22-21(23(27)17-24(22)28)10-5-3-4-6-11-25(29)30-2/h7-9,16,20-24,26-28H,3-6,10-15,17H2,1-2H3. The Morgan fingerprint density at radius 1 is 1.07 bits per heavy atom. The number of rotatable bonds is 13. The molecule has 0 radical (unpaired) electrons. The van der Waals surface area contributed by atoms with E-state index in [2.05, 4.69) is 29.9 Å². The molecule has 1 saturated carbocycles. The average Bonchev–Trinajstić information content (AvgIpc) is 2.99. The Balaban J connectivity index is 1.69. The molecule has 5 nitrogen and oxygen atoms in total. The molecule has 0 bridgehead atoms. The fourth-order valence-electron chi connectivity index (χ4n) is 4.82. The maximum atomic E-state index is 11.1. The van der Waals surface area contributed by atoms with Crippen LogP contribution in [0.15, 0.2) is 24.3 Å². The van der Waals surface area contributed by atoms with Gasteiger partial charge in [0.25, 0.3) is 0 Å². The van der Waals surface area contributed by atoms with Crippen LogP contribution in [0.4, 0.5) is 0 Å². The van der Waals surface area contributed by atoms with Gasteiger partial charge in [-0.3, -0.25) is 4.79 Å². The summed E-state index contributed by atoms with van der Waals surface area (Å²) in [7, 11) is 1.41. The van der Waals surface area contributed by atoms with Crippen LogP contribution < -0.4 is 0 Å². The van der Waals surface area contributed by atoms with Crippen LogP contribution >= 0.6 is 0 Å². The molecule has 170 valence electrons. The molecule has 1 aliphatic carbocycles. The van der Waals surface area contributed by atoms with Crippen LogP contribution in [0.25, 0.3) is 0 Å². The molecule has 1 aromatic rings. The molecule has 0 heterocycles. The maximum Gasteiger partial charge on any atom is 0.305 e. The summed E-state index contributed by atoms with van der Waals surface area (Å²) < 4.78 is 4.65. The number of aryl methyl sites for hydroxylation is 2. The molecule has 1 fully saturated rings. The molecular formula is C25H40O5. The second-order valence-electron chi connectivity index (χ2n) is 8.99. The van der Waals surface area contributed by atoms with Crippen molar-refractivity contribution in [3.8, 4) is 0 Å². The van der Waals surface area contributed by atoms with Crippen molar-refractivity contribution in [3.63, 3.8) is 0 Å². The van der Waals surface area contributed by atoms with E-state index in [1.807, 2.05) is 6.07 Å². The van der Waals surface area contributed by atoms with E-state index in [4.69, 9.17) is 0 Å². The number of carbonyl (C=O) groups is 1. The van der Waals surface area contributed by atoms with Crippen LogP contribution in [0.1, 0.15) is 75.3 Å². The van der Waals surface area contributed by atoms with Crippen LogP contribution in [-0.4, -0.2) is 46.7 Å². The first-order valence-corrected chi connectivity index (χ1v) is 11.6. The monoisotopic (exact) mass is 420 g/mol. The number of aliphatic hydroxyl groups excluding tert-OH is 3. The number of aliphatic hydroxyl groups is 3. The first-order chi connectivity index (χ1) is 14.4. The van der Waals surface area contributed by atoms with Crippen molar-refractivity contribution < 1.29 is 24.9 Å². The number of ether oxygens (including phenoxy) is 1. The van der Waals surface area contributed by atoms with Gasteiger partial charge in [-0.05, 0) is 69.3 Å². The van der Waals surface area contributed by atoms with Gasteiger partial charge in [-0.25, -0.2) is 0 Å². The third kappa shape index (κ3) is 8.37. The van der Waals surface area contributed by atoms with Crippen LogP contribution in [0.2, 0.25) is 0 Å². The maximum absolute atomic E-state index is 11.1. The molecule has 0 spiro atoms. The van der Waals surface area contributed by atoms with Gasteiger partial charge in [-0.15, -0.1) is 0 Å². The summed E-state index contributed by atoms with van der Waals surface area (Å²) in [6, 6.07) is 8.38. The molecule has 1 aliphatic rings. The van der Waals surface area contributed by atoms with E-state index in [-0.39, 0.29) is 23.9 Å². The van der Waals surface area contributed by atoms with Crippen molar-refractivity contribution in [2.24, 2.45) is 11.8 Å². The van der Waals surface area contributed by atoms with Crippen LogP contribution in [0.5, 0.6) is 0 Å². The normalized spacial score (nSPS) is 24.7. The Labute approximate surface area is 181 Å². The lowest BCUT2D eigenvalue weighted by Crippen LogP contribution is -2.24. The molecule has 5 heteroatoms. The number of esters is 1. The molecule has 30 heavy (non-hydrogen) atoms. The highest BCUT2D eigenvalue weighted by Gasteiger charge is 2.40. The Hall–Kier alpha value is -1.43. The molecule has 0 amide bonds. The van der Waals surface area contributed by atoms with E-state index in [1.165, 1.54) is 18.2 Å². The Kier molecular flexibility index (Phi) is 10.8. The second kappa shape index (κ2) is 13.1. The Morgan fingerprint density at radius 2 is 1.77 bits per heavy atom. The Morgan fingerprint density at radius 3 is 2.47 bits per heavy atom. The van der Waals surface area contributed by atoms with E-state index < -0.39 is 12.2 Å². The largest absolute Gasteiger partial charge is 0.469 e. The predicted octanol–water partition coefficient (Wildman–Crippen LogP) is 3.94. The molecule has 5 atom stereocenters. The number of unbranched alkanes of at least 4 members (excludes halogenated alkanes) is 3. The summed E-state index contributed by atoms with van der Waals surface area (Å²) in [5.41, 5.74) is 2.48. The third-order valence-corrected chi connectivity index (χ3v) is 6.60. The quantitative estimate of drug-likeness (QED) is 0.332. The van der Waals surface area contributed by atoms with Crippen molar-refractivity contribution in [1.29, 1.82) is 0 Å². The summed E-state index contributed by atoms with van der Waals surface area (Å²) in [5.74, 6) is -0.00127. The molecule has 0 aliphatic heterocycles. The van der Waals surface area contributed by atoms with Gasteiger partial charge in [0.1, 0.15) is 0 Å². The second-order valence-corrected chi connectivity index (χ2v) is 8.99. The van der Waals surface area contributed by atoms with Crippen molar-refractivity contribution in [3.05, 3.63) is 35.4 Å². The van der Waals surface area contributed by atoms with E-state index in [9.17, 15) is 20.1 Å². The minimum atomic E-state index is -0.478. The van der Waals surface area contributed by atoms with E-state index in [0.717, 1.165) is 51.4 Å². The summed E-state index contributed by atoms with van der Waals surface area (Å²) >= 11 is 0. The van der Waals surface area contributed by atoms with Gasteiger partial charge in [-0.2, -0.15) is 0 Å². The zero-order valence-electron chi connectivity index (χ0n) is 18.6. The van der Waals surface area contributed by atoms with Gasteiger partial charge < -0.3 is 20.1 Å². The lowest BCUT2D eigenvalue weighted by Gasteiger charge is -2.24. The van der Waals surface area contributed by atoms with Gasteiger partial charge >= 0.3 is 5.97 Å². The molecule has 2 rings (SSSR count). The van der Waals surface area contributed by atoms with Crippen LogP contribution in [0, 0.1) is 18.8 Å². The number of methoxy groups -OCH3 is 1. The van der Waals surface area contributed by atoms with Gasteiger partial charge in [0.2, 0.25) is 0 Å². The Bertz CT molecular complexity index is 632. The van der Waals surface area contributed by atoms with Gasteiger partial charge in [0.15, 0.2) is 0 Å². The molecule has 1 aromatic carbocycles. The summed E-state index contributed by atoms with van der Waals surface area (Å²) in [6.07, 6.45) is 7.28. The fourth-order valence-corrected chi connectivity index (χ4v) is 4.82. The SMILES string of the molecule is COC(=O)CCCCCCC1C(O)CC(O)C1CCC(O)CCc1cccc(C)c1. The number of benzene rings is 1. The highest BCUT2D eigenvalue weighted by atomic mass is 16.5. The first-order valence-electron chi connectivity index (χ1n) is 11.6. The average molecular weight is 421 g/mol. The third-order valence-electron chi connectivity index (χ3n) is 6.60. The molecule has 3 N–H and O–H groups in total. The van der Waals surface area contributed by atoms with Crippen LogP contribution in [-0.2, 0) is 16.0 Å². The minimum Gasteiger partial charge on any atom is -0.469 e. The summed E-state index contributed by atoms with van der Waals surface area (Å²) in [6.45, 7) is 2.08. The van der Waals surface area contributed by atoms with Crippen molar-refractivity contribution >= 4 is 5.97 Å². The smallest absolute Gasteiger partial charge is 0.305 e. The summed E-state index contributed by atoms with van der Waals surface area (Å²) in [5, 5.41) is 31.2. The van der Waals surface area contributed by atoms with Gasteiger partial charge in [0.05, 0.1) is 25.4 Å². The van der Waals surface area contributed by atoms with Gasteiger partial charge in [0, 0.05) is 6.42 Å². The molecule has 0 saturated heterocycles. The lowest BCUT2D eigenvalue weighted by atomic mass is 9.84. The zero-order valence-corrected chi connectivity index (χ0v) is 18.6. The highest BCUT2D eigenvalue weighted by molar-refractivity contribution is 5.68. The number of carbonyl (C=O) groups excluding carboxylic acids is 1. The number of hydrogen-bond donors (Lipinski definition) is 3. The molecular weight excluding hydrogens is 380 g/mol. The number of hydrogen-bond acceptors (Lipinski definition) is 5. The van der Waals surface area contributed by atoms with Crippen molar-refractivity contribution in [2.75, 3.05) is 7.11 Å². The van der Waals surface area contributed by atoms with Crippen molar-refractivity contribution in [2.45, 2.75) is 95.9 Å². The van der Waals surface area contributed by atoms with E-state index in [1.54, 1.807) is 0 Å². The fraction of sp³-hybridized carbons (Fsp3) is 0.720. The first kappa shape index (κ1) is 24.8. The van der Waals surface area contributed by atoms with Crippen LogP contribution in [0.3, 0.4) is 0 Å². The van der Waals surface area contributed by atoms with Crippen molar-refractivity contribution in [1.82, 2.24) is 0 Å². The van der Waals surface area contributed by atoms with Gasteiger partial charge in [-0.1, -0.05) is 49.1 Å². The summed E-state index contributed by atoms with van der Waals surface area (Å²) in [4.78, 5) is 11.1. The molecule has 5 unspecified atom stereocenters. The minimum absolute atomic E-state index is 0.0590. The van der Waals surface area contributed by atoms with E-state index in [0.29, 0.717) is 19.3 Å².